The van der Waals surface area contributed by atoms with Gasteiger partial charge in [-0.25, -0.2) is 0 Å². The van der Waals surface area contributed by atoms with E-state index in [1.54, 1.807) is 7.11 Å². The van der Waals surface area contributed by atoms with Crippen LogP contribution in [-0.2, 0) is 0 Å². The van der Waals surface area contributed by atoms with Gasteiger partial charge in [0.1, 0.15) is 11.9 Å². The van der Waals surface area contributed by atoms with E-state index in [-0.39, 0.29) is 6.17 Å². The Kier molecular flexibility index (Phi) is 1.55. The number of benzene rings is 1. The lowest BCUT2D eigenvalue weighted by atomic mass is 10.1. The number of azo groups is 1. The second kappa shape index (κ2) is 2.57. The summed E-state index contributed by atoms with van der Waals surface area (Å²) in [6, 6.07) is 5.56. The summed E-state index contributed by atoms with van der Waals surface area (Å²) in [5.41, 5.74) is 7.42. The second-order valence-corrected chi connectivity index (χ2v) is 2.59. The van der Waals surface area contributed by atoms with Crippen LogP contribution in [0, 0.1) is 0 Å². The smallest absolute Gasteiger partial charge is 0.146 e. The SMILES string of the molecule is COc1ccc2c(c1)C(N)N=N2. The van der Waals surface area contributed by atoms with Crippen LogP contribution >= 0.6 is 0 Å². The minimum atomic E-state index is -0.324. The van der Waals surface area contributed by atoms with Gasteiger partial charge in [0.15, 0.2) is 0 Å². The molecule has 0 aromatic heterocycles. The normalized spacial score (nSPS) is 19.3. The number of nitrogens with two attached hydrogens (primary N) is 1. The van der Waals surface area contributed by atoms with E-state index in [0.717, 1.165) is 17.0 Å². The van der Waals surface area contributed by atoms with Crippen LogP contribution in [0.1, 0.15) is 11.7 Å². The van der Waals surface area contributed by atoms with Crippen molar-refractivity contribution in [1.82, 2.24) is 0 Å². The third kappa shape index (κ3) is 0.967. The van der Waals surface area contributed by atoms with E-state index in [1.807, 2.05) is 18.2 Å². The molecule has 0 spiro atoms. The number of hydrogen-bond acceptors (Lipinski definition) is 4. The van der Waals surface area contributed by atoms with Crippen LogP contribution in [0.3, 0.4) is 0 Å². The Morgan fingerprint density at radius 2 is 2.33 bits per heavy atom. The van der Waals surface area contributed by atoms with Crippen molar-refractivity contribution in [2.75, 3.05) is 7.11 Å². The lowest BCUT2D eigenvalue weighted by Crippen LogP contribution is -2.03. The monoisotopic (exact) mass is 163 g/mol. The molecule has 2 rings (SSSR count). The second-order valence-electron chi connectivity index (χ2n) is 2.59. The Morgan fingerprint density at radius 3 is 3.08 bits per heavy atom. The fourth-order valence-corrected chi connectivity index (χ4v) is 1.17. The first kappa shape index (κ1) is 7.24. The lowest BCUT2D eigenvalue weighted by Gasteiger charge is -2.03. The van der Waals surface area contributed by atoms with Gasteiger partial charge in [0.25, 0.3) is 0 Å². The van der Waals surface area contributed by atoms with Crippen LogP contribution < -0.4 is 10.5 Å². The number of fused-ring (bicyclic) bond motifs is 1. The molecule has 0 aliphatic carbocycles. The first-order chi connectivity index (χ1) is 5.81. The number of nitrogens with zero attached hydrogens (tertiary/aromatic N) is 2. The van der Waals surface area contributed by atoms with Crippen molar-refractivity contribution in [3.8, 4) is 5.75 Å². The van der Waals surface area contributed by atoms with Crippen molar-refractivity contribution >= 4 is 5.69 Å². The molecule has 0 amide bonds. The molecule has 1 atom stereocenters. The molecule has 4 nitrogen and oxygen atoms in total. The van der Waals surface area contributed by atoms with Gasteiger partial charge in [0, 0.05) is 5.56 Å². The average molecular weight is 163 g/mol. The summed E-state index contributed by atoms with van der Waals surface area (Å²) < 4.78 is 5.05. The molecule has 0 bridgehead atoms. The van der Waals surface area contributed by atoms with Gasteiger partial charge in [-0.05, 0) is 18.2 Å². The van der Waals surface area contributed by atoms with Crippen molar-refractivity contribution in [3.63, 3.8) is 0 Å². The average Bonchev–Trinajstić information content (AvgIpc) is 2.47. The molecule has 0 saturated carbocycles. The molecule has 0 radical (unpaired) electrons. The Morgan fingerprint density at radius 1 is 1.50 bits per heavy atom. The molecular weight excluding hydrogens is 154 g/mol. The zero-order chi connectivity index (χ0) is 8.55. The molecule has 1 aliphatic heterocycles. The molecular formula is C8H9N3O. The molecule has 1 aliphatic rings. The maximum atomic E-state index is 5.65. The van der Waals surface area contributed by atoms with Crippen molar-refractivity contribution in [2.24, 2.45) is 16.0 Å². The van der Waals surface area contributed by atoms with Crippen LogP contribution in [0.5, 0.6) is 5.75 Å². The third-order valence-corrected chi connectivity index (χ3v) is 1.84. The summed E-state index contributed by atoms with van der Waals surface area (Å²) in [4.78, 5) is 0. The van der Waals surface area contributed by atoms with Gasteiger partial charge >= 0.3 is 0 Å². The van der Waals surface area contributed by atoms with Gasteiger partial charge in [-0.15, -0.1) is 0 Å². The predicted molar refractivity (Wildman–Crippen MR) is 44.4 cm³/mol. The maximum Gasteiger partial charge on any atom is 0.146 e. The maximum absolute atomic E-state index is 5.65. The molecule has 0 fully saturated rings. The highest BCUT2D eigenvalue weighted by atomic mass is 16.5. The third-order valence-electron chi connectivity index (χ3n) is 1.84. The van der Waals surface area contributed by atoms with Crippen LogP contribution in [0.2, 0.25) is 0 Å². The zero-order valence-electron chi connectivity index (χ0n) is 6.69. The van der Waals surface area contributed by atoms with E-state index >= 15 is 0 Å². The first-order valence-electron chi connectivity index (χ1n) is 3.65. The van der Waals surface area contributed by atoms with E-state index in [2.05, 4.69) is 10.2 Å². The standard InChI is InChI=1S/C8H9N3O/c1-12-5-2-3-7-6(4-5)8(9)11-10-7/h2-4,8H,9H2,1H3. The Bertz CT molecular complexity index is 335. The molecule has 12 heavy (non-hydrogen) atoms. The highest BCUT2D eigenvalue weighted by molar-refractivity contribution is 5.52. The largest absolute Gasteiger partial charge is 0.497 e. The molecule has 1 aromatic carbocycles. The summed E-state index contributed by atoms with van der Waals surface area (Å²) in [7, 11) is 1.62. The molecule has 0 saturated heterocycles. The quantitative estimate of drug-likeness (QED) is 0.685. The van der Waals surface area contributed by atoms with E-state index < -0.39 is 0 Å². The zero-order valence-corrected chi connectivity index (χ0v) is 6.69. The summed E-state index contributed by atoms with van der Waals surface area (Å²) in [5, 5.41) is 7.73. The van der Waals surface area contributed by atoms with E-state index in [4.69, 9.17) is 10.5 Å². The number of hydrogen-bond donors (Lipinski definition) is 1. The molecule has 62 valence electrons. The van der Waals surface area contributed by atoms with Crippen molar-refractivity contribution in [3.05, 3.63) is 23.8 Å². The molecule has 1 unspecified atom stereocenters. The van der Waals surface area contributed by atoms with Crippen LogP contribution in [0.4, 0.5) is 5.69 Å². The number of rotatable bonds is 1. The lowest BCUT2D eigenvalue weighted by molar-refractivity contribution is 0.414. The summed E-state index contributed by atoms with van der Waals surface area (Å²) in [6.07, 6.45) is -0.324. The van der Waals surface area contributed by atoms with Crippen LogP contribution in [-0.4, -0.2) is 7.11 Å². The number of ether oxygens (including phenoxy) is 1. The first-order valence-corrected chi connectivity index (χ1v) is 3.65. The minimum Gasteiger partial charge on any atom is -0.497 e. The van der Waals surface area contributed by atoms with E-state index in [1.165, 1.54) is 0 Å². The van der Waals surface area contributed by atoms with Gasteiger partial charge in [0.2, 0.25) is 0 Å². The summed E-state index contributed by atoms with van der Waals surface area (Å²) in [6.45, 7) is 0. The van der Waals surface area contributed by atoms with Gasteiger partial charge in [-0.3, -0.25) is 0 Å². The van der Waals surface area contributed by atoms with Gasteiger partial charge in [-0.1, -0.05) is 0 Å². The fourth-order valence-electron chi connectivity index (χ4n) is 1.17. The van der Waals surface area contributed by atoms with Gasteiger partial charge < -0.3 is 10.5 Å². The topological polar surface area (TPSA) is 60.0 Å². The van der Waals surface area contributed by atoms with Crippen molar-refractivity contribution in [2.45, 2.75) is 6.17 Å². The molecule has 4 heteroatoms. The van der Waals surface area contributed by atoms with Crippen molar-refractivity contribution in [1.29, 1.82) is 0 Å². The van der Waals surface area contributed by atoms with Crippen LogP contribution in [0.15, 0.2) is 28.4 Å². The van der Waals surface area contributed by atoms with Gasteiger partial charge in [-0.2, -0.15) is 10.2 Å². The fraction of sp³-hybridized carbons (Fsp3) is 0.250. The Balaban J connectivity index is 2.48. The Hall–Kier alpha value is -1.42. The van der Waals surface area contributed by atoms with Crippen molar-refractivity contribution < 1.29 is 4.74 Å². The Labute approximate surface area is 70.1 Å². The summed E-state index contributed by atoms with van der Waals surface area (Å²) in [5.74, 6) is 0.788. The van der Waals surface area contributed by atoms with Gasteiger partial charge in [0.05, 0.1) is 12.8 Å². The minimum absolute atomic E-state index is 0.324. The highest BCUT2D eigenvalue weighted by Crippen LogP contribution is 2.34. The highest BCUT2D eigenvalue weighted by Gasteiger charge is 2.16. The molecule has 1 heterocycles. The molecule has 1 aromatic rings. The summed E-state index contributed by atoms with van der Waals surface area (Å²) >= 11 is 0. The number of methoxy groups -OCH3 is 1. The predicted octanol–water partition coefficient (Wildman–Crippen LogP) is 1.75. The molecule has 2 N–H and O–H groups in total. The van der Waals surface area contributed by atoms with E-state index in [9.17, 15) is 0 Å². The van der Waals surface area contributed by atoms with Crippen LogP contribution in [0.25, 0.3) is 0 Å². The van der Waals surface area contributed by atoms with E-state index in [0.29, 0.717) is 0 Å².